The van der Waals surface area contributed by atoms with Crippen LogP contribution in [-0.4, -0.2) is 62.0 Å². The molecule has 1 unspecified atom stereocenters. The third kappa shape index (κ3) is 3.85. The summed E-state index contributed by atoms with van der Waals surface area (Å²) in [7, 11) is 1.69. The van der Waals surface area contributed by atoms with Crippen LogP contribution in [-0.2, 0) is 0 Å². The smallest absolute Gasteiger partial charge is 0.120 e. The Kier molecular flexibility index (Phi) is 4.86. The van der Waals surface area contributed by atoms with Gasteiger partial charge in [-0.25, -0.2) is 0 Å². The molecule has 20 heavy (non-hydrogen) atoms. The van der Waals surface area contributed by atoms with Gasteiger partial charge in [-0.15, -0.1) is 0 Å². The van der Waals surface area contributed by atoms with E-state index in [1.807, 2.05) is 19.1 Å². The zero-order valence-electron chi connectivity index (χ0n) is 12.4. The van der Waals surface area contributed by atoms with Crippen LogP contribution in [0.5, 0.6) is 5.75 Å². The SMILES string of the molecule is COc1cccc(N2CCN(CC(C)(N)CO)CC2)c1. The molecular formula is C15H25N3O2. The minimum Gasteiger partial charge on any atom is -0.497 e. The van der Waals surface area contributed by atoms with E-state index in [1.165, 1.54) is 5.69 Å². The molecule has 0 aromatic heterocycles. The number of hydrogen-bond donors (Lipinski definition) is 2. The summed E-state index contributed by atoms with van der Waals surface area (Å²) >= 11 is 0. The van der Waals surface area contributed by atoms with Crippen molar-refractivity contribution < 1.29 is 9.84 Å². The molecule has 5 nitrogen and oxygen atoms in total. The fourth-order valence-corrected chi connectivity index (χ4v) is 2.53. The lowest BCUT2D eigenvalue weighted by Gasteiger charge is -2.39. The van der Waals surface area contributed by atoms with Gasteiger partial charge in [0.1, 0.15) is 5.75 Å². The number of aliphatic hydroxyl groups is 1. The van der Waals surface area contributed by atoms with E-state index in [0.29, 0.717) is 0 Å². The van der Waals surface area contributed by atoms with Crippen LogP contribution in [0.3, 0.4) is 0 Å². The average Bonchev–Trinajstić information content (AvgIpc) is 2.48. The molecule has 0 spiro atoms. The van der Waals surface area contributed by atoms with Crippen LogP contribution < -0.4 is 15.4 Å². The van der Waals surface area contributed by atoms with E-state index in [0.717, 1.165) is 38.5 Å². The minimum absolute atomic E-state index is 0.0170. The van der Waals surface area contributed by atoms with E-state index in [4.69, 9.17) is 10.5 Å². The van der Waals surface area contributed by atoms with Crippen molar-refractivity contribution in [3.8, 4) is 5.75 Å². The maximum absolute atomic E-state index is 9.24. The van der Waals surface area contributed by atoms with E-state index in [9.17, 15) is 5.11 Å². The molecule has 112 valence electrons. The van der Waals surface area contributed by atoms with Crippen LogP contribution in [0.25, 0.3) is 0 Å². The number of anilines is 1. The number of methoxy groups -OCH3 is 1. The predicted molar refractivity (Wildman–Crippen MR) is 81.3 cm³/mol. The number of ether oxygens (including phenoxy) is 1. The van der Waals surface area contributed by atoms with Crippen LogP contribution in [0.15, 0.2) is 24.3 Å². The van der Waals surface area contributed by atoms with Gasteiger partial charge in [-0.2, -0.15) is 0 Å². The predicted octanol–water partition coefficient (Wildman–Crippen LogP) is 0.527. The van der Waals surface area contributed by atoms with E-state index in [1.54, 1.807) is 7.11 Å². The lowest BCUT2D eigenvalue weighted by Crippen LogP contribution is -2.55. The third-order valence-electron chi connectivity index (χ3n) is 3.74. The molecule has 0 amide bonds. The average molecular weight is 279 g/mol. The highest BCUT2D eigenvalue weighted by molar-refractivity contribution is 5.51. The number of rotatable bonds is 5. The molecule has 1 saturated heterocycles. The summed E-state index contributed by atoms with van der Waals surface area (Å²) in [4.78, 5) is 4.67. The zero-order valence-corrected chi connectivity index (χ0v) is 12.4. The van der Waals surface area contributed by atoms with Gasteiger partial charge < -0.3 is 20.5 Å². The molecule has 0 radical (unpaired) electrons. The van der Waals surface area contributed by atoms with Gasteiger partial charge in [-0.05, 0) is 19.1 Å². The molecule has 1 heterocycles. The van der Waals surface area contributed by atoms with E-state index < -0.39 is 5.54 Å². The Morgan fingerprint density at radius 3 is 2.60 bits per heavy atom. The van der Waals surface area contributed by atoms with Gasteiger partial charge in [0.25, 0.3) is 0 Å². The van der Waals surface area contributed by atoms with Gasteiger partial charge >= 0.3 is 0 Å². The Morgan fingerprint density at radius 2 is 2.00 bits per heavy atom. The van der Waals surface area contributed by atoms with Crippen molar-refractivity contribution in [1.29, 1.82) is 0 Å². The van der Waals surface area contributed by atoms with Crippen molar-refractivity contribution >= 4 is 5.69 Å². The lowest BCUT2D eigenvalue weighted by molar-refractivity contribution is 0.143. The second kappa shape index (κ2) is 6.43. The van der Waals surface area contributed by atoms with Crippen LogP contribution in [0.4, 0.5) is 5.69 Å². The number of benzene rings is 1. The number of nitrogens with zero attached hydrogens (tertiary/aromatic N) is 2. The first-order chi connectivity index (χ1) is 9.54. The van der Waals surface area contributed by atoms with Gasteiger partial charge in [-0.1, -0.05) is 6.07 Å². The zero-order chi connectivity index (χ0) is 14.6. The van der Waals surface area contributed by atoms with Crippen LogP contribution in [0, 0.1) is 0 Å². The molecule has 0 aliphatic carbocycles. The Bertz CT molecular complexity index is 429. The van der Waals surface area contributed by atoms with E-state index in [2.05, 4.69) is 21.9 Å². The summed E-state index contributed by atoms with van der Waals surface area (Å²) in [5.74, 6) is 0.889. The first-order valence-electron chi connectivity index (χ1n) is 7.05. The first-order valence-corrected chi connectivity index (χ1v) is 7.05. The monoisotopic (exact) mass is 279 g/mol. The largest absolute Gasteiger partial charge is 0.497 e. The maximum Gasteiger partial charge on any atom is 0.120 e. The molecule has 1 aliphatic rings. The van der Waals surface area contributed by atoms with Gasteiger partial charge in [0.05, 0.1) is 13.7 Å². The summed E-state index contributed by atoms with van der Waals surface area (Å²) < 4.78 is 5.27. The summed E-state index contributed by atoms with van der Waals surface area (Å²) in [6.07, 6.45) is 0. The van der Waals surface area contributed by atoms with Crippen molar-refractivity contribution in [2.45, 2.75) is 12.5 Å². The van der Waals surface area contributed by atoms with Crippen LogP contribution in [0.2, 0.25) is 0 Å². The fraction of sp³-hybridized carbons (Fsp3) is 0.600. The molecule has 0 saturated carbocycles. The second-order valence-corrected chi connectivity index (χ2v) is 5.78. The van der Waals surface area contributed by atoms with E-state index in [-0.39, 0.29) is 6.61 Å². The highest BCUT2D eigenvalue weighted by Gasteiger charge is 2.24. The van der Waals surface area contributed by atoms with Crippen molar-refractivity contribution in [1.82, 2.24) is 4.90 Å². The fourth-order valence-electron chi connectivity index (χ4n) is 2.53. The number of aliphatic hydroxyl groups excluding tert-OH is 1. The Hall–Kier alpha value is -1.30. The summed E-state index contributed by atoms with van der Waals surface area (Å²) in [6.45, 7) is 6.50. The summed E-state index contributed by atoms with van der Waals surface area (Å²) in [5.41, 5.74) is 6.69. The second-order valence-electron chi connectivity index (χ2n) is 5.78. The normalized spacial score (nSPS) is 19.7. The summed E-state index contributed by atoms with van der Waals surface area (Å²) in [5, 5.41) is 9.24. The lowest BCUT2D eigenvalue weighted by atomic mass is 10.0. The van der Waals surface area contributed by atoms with Gasteiger partial charge in [0.2, 0.25) is 0 Å². The highest BCUT2D eigenvalue weighted by atomic mass is 16.5. The number of piperazine rings is 1. The highest BCUT2D eigenvalue weighted by Crippen LogP contribution is 2.22. The molecule has 5 heteroatoms. The third-order valence-corrected chi connectivity index (χ3v) is 3.74. The Balaban J connectivity index is 1.90. The van der Waals surface area contributed by atoms with Gasteiger partial charge in [-0.3, -0.25) is 4.90 Å². The number of hydrogen-bond acceptors (Lipinski definition) is 5. The maximum atomic E-state index is 9.24. The van der Waals surface area contributed by atoms with Crippen LogP contribution in [0.1, 0.15) is 6.92 Å². The topological polar surface area (TPSA) is 62.0 Å². The molecule has 1 fully saturated rings. The van der Waals surface area contributed by atoms with Crippen molar-refractivity contribution in [2.75, 3.05) is 51.3 Å². The quantitative estimate of drug-likeness (QED) is 0.823. The van der Waals surface area contributed by atoms with Crippen LogP contribution >= 0.6 is 0 Å². The Labute approximate surface area is 120 Å². The van der Waals surface area contributed by atoms with Crippen molar-refractivity contribution in [3.63, 3.8) is 0 Å². The molecule has 1 aromatic carbocycles. The molecule has 1 aromatic rings. The van der Waals surface area contributed by atoms with Gasteiger partial charge in [0, 0.05) is 50.0 Å². The first kappa shape index (κ1) is 15.1. The van der Waals surface area contributed by atoms with Gasteiger partial charge in [0.15, 0.2) is 0 Å². The molecule has 2 rings (SSSR count). The van der Waals surface area contributed by atoms with E-state index >= 15 is 0 Å². The standard InChI is InChI=1S/C15H25N3O2/c1-15(16,12-19)11-17-6-8-18(9-7-17)13-4-3-5-14(10-13)20-2/h3-5,10,19H,6-9,11-12,16H2,1-2H3. The van der Waals surface area contributed by atoms with Crippen molar-refractivity contribution in [2.24, 2.45) is 5.73 Å². The molecule has 1 atom stereocenters. The molecule has 1 aliphatic heterocycles. The molecule has 0 bridgehead atoms. The Morgan fingerprint density at radius 1 is 1.30 bits per heavy atom. The minimum atomic E-state index is -0.516. The summed E-state index contributed by atoms with van der Waals surface area (Å²) in [6, 6.07) is 8.15. The molecule has 3 N–H and O–H groups in total. The molecular weight excluding hydrogens is 254 g/mol. The van der Waals surface area contributed by atoms with Crippen molar-refractivity contribution in [3.05, 3.63) is 24.3 Å². The number of nitrogens with two attached hydrogens (primary N) is 1.